The van der Waals surface area contributed by atoms with E-state index in [1.807, 2.05) is 23.1 Å². The molecule has 0 saturated carbocycles. The minimum Gasteiger partial charge on any atom is -0.379 e. The summed E-state index contributed by atoms with van der Waals surface area (Å²) in [6.07, 6.45) is 3.50. The van der Waals surface area contributed by atoms with E-state index in [1.54, 1.807) is 11.3 Å². The van der Waals surface area contributed by atoms with Gasteiger partial charge >= 0.3 is 0 Å². The van der Waals surface area contributed by atoms with Gasteiger partial charge in [-0.2, -0.15) is 0 Å². The van der Waals surface area contributed by atoms with Crippen LogP contribution in [-0.2, 0) is 4.74 Å². The van der Waals surface area contributed by atoms with Crippen LogP contribution in [0.2, 0.25) is 0 Å². The quantitative estimate of drug-likeness (QED) is 0.642. The molecule has 1 aromatic heterocycles. The number of nitrogens with zero attached hydrogens (tertiary/aromatic N) is 2. The van der Waals surface area contributed by atoms with Crippen LogP contribution in [0.1, 0.15) is 28.9 Å². The molecule has 2 aliphatic rings. The summed E-state index contributed by atoms with van der Waals surface area (Å²) < 4.78 is 6.49. The van der Waals surface area contributed by atoms with Crippen LogP contribution in [0, 0.1) is 5.92 Å². The van der Waals surface area contributed by atoms with Crippen molar-refractivity contribution in [2.75, 3.05) is 45.9 Å². The molecule has 0 aliphatic carbocycles. The summed E-state index contributed by atoms with van der Waals surface area (Å²) in [5.41, 5.74) is 1.16. The van der Waals surface area contributed by atoms with Crippen LogP contribution in [0.4, 0.5) is 0 Å². The van der Waals surface area contributed by atoms with Gasteiger partial charge in [0.25, 0.3) is 5.91 Å². The summed E-state index contributed by atoms with van der Waals surface area (Å²) in [5.74, 6) is 0.938. The number of amides is 1. The lowest BCUT2D eigenvalue weighted by Gasteiger charge is -2.33. The second-order valence-corrected chi connectivity index (χ2v) is 9.65. The molecule has 0 N–H and O–H groups in total. The zero-order chi connectivity index (χ0) is 19.3. The maximum absolute atomic E-state index is 12.9. The molecule has 2 saturated heterocycles. The maximum atomic E-state index is 12.9. The summed E-state index contributed by atoms with van der Waals surface area (Å²) in [6.45, 7) is 6.82. The highest BCUT2D eigenvalue weighted by atomic mass is 79.9. The summed E-state index contributed by atoms with van der Waals surface area (Å²) >= 11 is 5.07. The number of carbonyl (C=O) groups is 1. The SMILES string of the molecule is O=C(c1ccc(-c2ccc(Br)cc2)s1)N1CCC(CCN2CCOCC2)CC1. The van der Waals surface area contributed by atoms with Crippen molar-refractivity contribution in [1.82, 2.24) is 9.80 Å². The number of halogens is 1. The third-order valence-electron chi connectivity index (χ3n) is 5.80. The zero-order valence-corrected chi connectivity index (χ0v) is 18.5. The lowest BCUT2D eigenvalue weighted by molar-refractivity contribution is 0.0332. The van der Waals surface area contributed by atoms with Gasteiger partial charge in [-0.15, -0.1) is 11.3 Å². The van der Waals surface area contributed by atoms with Gasteiger partial charge in [-0.1, -0.05) is 28.1 Å². The summed E-state index contributed by atoms with van der Waals surface area (Å²) in [7, 11) is 0. The fraction of sp³-hybridized carbons (Fsp3) is 0.500. The molecule has 4 rings (SSSR count). The Kier molecular flexibility index (Phi) is 6.83. The molecule has 0 bridgehead atoms. The second-order valence-electron chi connectivity index (χ2n) is 7.65. The molecule has 6 heteroatoms. The molecule has 2 fully saturated rings. The first-order chi connectivity index (χ1) is 13.7. The first kappa shape index (κ1) is 20.1. The molecular formula is C22H27BrN2O2S. The largest absolute Gasteiger partial charge is 0.379 e. The van der Waals surface area contributed by atoms with Gasteiger partial charge in [0.2, 0.25) is 0 Å². The van der Waals surface area contributed by atoms with Gasteiger partial charge in [0, 0.05) is 35.5 Å². The molecule has 1 aromatic carbocycles. The van der Waals surface area contributed by atoms with Crippen molar-refractivity contribution < 1.29 is 9.53 Å². The number of likely N-dealkylation sites (tertiary alicyclic amines) is 1. The minimum absolute atomic E-state index is 0.194. The molecular weight excluding hydrogens is 436 g/mol. The predicted octanol–water partition coefficient (Wildman–Crippen LogP) is 4.75. The molecule has 28 heavy (non-hydrogen) atoms. The number of benzene rings is 1. The Morgan fingerprint density at radius 1 is 1.04 bits per heavy atom. The number of piperidine rings is 1. The second kappa shape index (κ2) is 9.53. The number of carbonyl (C=O) groups excluding carboxylic acids is 1. The van der Waals surface area contributed by atoms with Crippen LogP contribution < -0.4 is 0 Å². The van der Waals surface area contributed by atoms with E-state index in [-0.39, 0.29) is 5.91 Å². The third-order valence-corrected chi connectivity index (χ3v) is 7.46. The number of thiophene rings is 1. The molecule has 0 spiro atoms. The lowest BCUT2D eigenvalue weighted by atomic mass is 9.93. The van der Waals surface area contributed by atoms with Crippen LogP contribution in [0.5, 0.6) is 0 Å². The fourth-order valence-corrected chi connectivity index (χ4v) is 5.24. The van der Waals surface area contributed by atoms with Gasteiger partial charge in [0.05, 0.1) is 18.1 Å². The van der Waals surface area contributed by atoms with Crippen molar-refractivity contribution in [2.24, 2.45) is 5.92 Å². The summed E-state index contributed by atoms with van der Waals surface area (Å²) in [6, 6.07) is 12.3. The third kappa shape index (κ3) is 5.03. The van der Waals surface area contributed by atoms with Gasteiger partial charge in [-0.3, -0.25) is 9.69 Å². The topological polar surface area (TPSA) is 32.8 Å². The first-order valence-corrected chi connectivity index (χ1v) is 11.7. The number of morpholine rings is 1. The number of rotatable bonds is 5. The van der Waals surface area contributed by atoms with E-state index in [0.29, 0.717) is 0 Å². The Labute approximate surface area is 179 Å². The van der Waals surface area contributed by atoms with Crippen molar-refractivity contribution in [1.29, 1.82) is 0 Å². The van der Waals surface area contributed by atoms with Gasteiger partial charge in [-0.05, 0) is 61.6 Å². The highest BCUT2D eigenvalue weighted by molar-refractivity contribution is 9.10. The molecule has 2 aliphatic heterocycles. The Balaban J connectivity index is 1.27. The standard InChI is InChI=1S/C22H27BrN2O2S/c23-19-3-1-18(2-4-19)20-5-6-21(28-20)22(26)25-11-8-17(9-12-25)7-10-24-13-15-27-16-14-24/h1-6,17H,7-16H2. The Hall–Kier alpha value is -1.21. The van der Waals surface area contributed by atoms with E-state index in [0.717, 1.165) is 77.9 Å². The van der Waals surface area contributed by atoms with Crippen LogP contribution in [0.25, 0.3) is 10.4 Å². The molecule has 1 amide bonds. The van der Waals surface area contributed by atoms with Crippen LogP contribution in [-0.4, -0.2) is 61.6 Å². The van der Waals surface area contributed by atoms with Crippen molar-refractivity contribution in [3.8, 4) is 10.4 Å². The molecule has 0 atom stereocenters. The number of ether oxygens (including phenoxy) is 1. The average molecular weight is 463 g/mol. The van der Waals surface area contributed by atoms with Crippen molar-refractivity contribution in [3.05, 3.63) is 45.7 Å². The normalized spacial score (nSPS) is 19.1. The molecule has 150 valence electrons. The van der Waals surface area contributed by atoms with E-state index in [4.69, 9.17) is 4.74 Å². The van der Waals surface area contributed by atoms with E-state index in [1.165, 1.54) is 13.0 Å². The van der Waals surface area contributed by atoms with Crippen molar-refractivity contribution in [2.45, 2.75) is 19.3 Å². The Bertz CT molecular complexity index is 778. The Morgan fingerprint density at radius 2 is 1.75 bits per heavy atom. The monoisotopic (exact) mass is 462 g/mol. The highest BCUT2D eigenvalue weighted by Crippen LogP contribution is 2.31. The van der Waals surface area contributed by atoms with Crippen LogP contribution in [0.15, 0.2) is 40.9 Å². The van der Waals surface area contributed by atoms with Crippen molar-refractivity contribution >= 4 is 33.2 Å². The van der Waals surface area contributed by atoms with E-state index < -0.39 is 0 Å². The lowest BCUT2D eigenvalue weighted by Crippen LogP contribution is -2.40. The van der Waals surface area contributed by atoms with Gasteiger partial charge in [0.1, 0.15) is 0 Å². The van der Waals surface area contributed by atoms with Crippen LogP contribution >= 0.6 is 27.3 Å². The molecule has 3 heterocycles. The minimum atomic E-state index is 0.194. The fourth-order valence-electron chi connectivity index (χ4n) is 3.99. The highest BCUT2D eigenvalue weighted by Gasteiger charge is 2.25. The average Bonchev–Trinajstić information content (AvgIpc) is 3.24. The molecule has 4 nitrogen and oxygen atoms in total. The molecule has 0 radical (unpaired) electrons. The van der Waals surface area contributed by atoms with Crippen LogP contribution in [0.3, 0.4) is 0 Å². The van der Waals surface area contributed by atoms with Crippen molar-refractivity contribution in [3.63, 3.8) is 0 Å². The number of hydrogen-bond acceptors (Lipinski definition) is 4. The first-order valence-electron chi connectivity index (χ1n) is 10.1. The zero-order valence-electron chi connectivity index (χ0n) is 16.1. The van der Waals surface area contributed by atoms with E-state index in [2.05, 4.69) is 39.0 Å². The Morgan fingerprint density at radius 3 is 2.46 bits per heavy atom. The van der Waals surface area contributed by atoms with E-state index in [9.17, 15) is 4.79 Å². The summed E-state index contributed by atoms with van der Waals surface area (Å²) in [5, 5.41) is 0. The molecule has 2 aromatic rings. The van der Waals surface area contributed by atoms with Gasteiger partial charge in [-0.25, -0.2) is 0 Å². The number of hydrogen-bond donors (Lipinski definition) is 0. The van der Waals surface area contributed by atoms with E-state index >= 15 is 0 Å². The smallest absolute Gasteiger partial charge is 0.263 e. The van der Waals surface area contributed by atoms with Gasteiger partial charge < -0.3 is 9.64 Å². The molecule has 0 unspecified atom stereocenters. The predicted molar refractivity (Wildman–Crippen MR) is 118 cm³/mol. The van der Waals surface area contributed by atoms with Gasteiger partial charge in [0.15, 0.2) is 0 Å². The summed E-state index contributed by atoms with van der Waals surface area (Å²) in [4.78, 5) is 19.5. The maximum Gasteiger partial charge on any atom is 0.263 e.